The van der Waals surface area contributed by atoms with E-state index in [1.165, 1.54) is 0 Å². The van der Waals surface area contributed by atoms with Gasteiger partial charge in [-0.1, -0.05) is 29.8 Å². The number of carbonyl (C=O) groups excluding carboxylic acids is 1. The van der Waals surface area contributed by atoms with Gasteiger partial charge in [0.05, 0.1) is 12.6 Å². The van der Waals surface area contributed by atoms with E-state index in [4.69, 9.17) is 11.6 Å². The molecule has 1 amide bonds. The van der Waals surface area contributed by atoms with E-state index in [9.17, 15) is 4.79 Å². The third-order valence-electron chi connectivity index (χ3n) is 4.09. The summed E-state index contributed by atoms with van der Waals surface area (Å²) in [5.74, 6) is -0.168. The van der Waals surface area contributed by atoms with Gasteiger partial charge in [0.2, 0.25) is 5.91 Å². The number of hydrazone groups is 1. The van der Waals surface area contributed by atoms with Crippen molar-refractivity contribution in [3.63, 3.8) is 0 Å². The molecule has 0 spiro atoms. The Morgan fingerprint density at radius 2 is 1.88 bits per heavy atom. The normalized spacial score (nSPS) is 11.6. The number of halogens is 1. The largest absolute Gasteiger partial charge is 0.361 e. The zero-order valence-electron chi connectivity index (χ0n) is 13.2. The summed E-state index contributed by atoms with van der Waals surface area (Å²) in [7, 11) is 0. The number of fused-ring (bicyclic) bond motifs is 2. The fraction of sp³-hybridized carbons (Fsp3) is 0.0526. The molecule has 2 aromatic carbocycles. The molecule has 0 atom stereocenters. The van der Waals surface area contributed by atoms with Crippen molar-refractivity contribution in [2.75, 3.05) is 0 Å². The Balaban J connectivity index is 1.46. The first-order chi connectivity index (χ1) is 12.2. The molecule has 0 aliphatic rings. The standard InChI is InChI=1S/C19H15ClN4O/c20-14-5-6-18-16(8-14)13(10-22-18)11-23-24-19(25)7-12-9-21-17-4-2-1-3-15(12)17/h1-6,8-11,21-22H,7H2,(H,24,25)/b23-11+. The molecule has 4 aromatic rings. The molecular formula is C19H15ClN4O. The van der Waals surface area contributed by atoms with Crippen LogP contribution in [0.15, 0.2) is 60.0 Å². The predicted octanol–water partition coefficient (Wildman–Crippen LogP) is 4.00. The lowest BCUT2D eigenvalue weighted by Crippen LogP contribution is -2.19. The van der Waals surface area contributed by atoms with Gasteiger partial charge in [0, 0.05) is 44.8 Å². The van der Waals surface area contributed by atoms with E-state index in [-0.39, 0.29) is 12.3 Å². The van der Waals surface area contributed by atoms with Gasteiger partial charge in [0.15, 0.2) is 0 Å². The van der Waals surface area contributed by atoms with Gasteiger partial charge in [-0.2, -0.15) is 5.10 Å². The number of H-pyrrole nitrogens is 2. The summed E-state index contributed by atoms with van der Waals surface area (Å²) < 4.78 is 0. The van der Waals surface area contributed by atoms with Gasteiger partial charge in [-0.15, -0.1) is 0 Å². The summed E-state index contributed by atoms with van der Waals surface area (Å²) in [6, 6.07) is 13.5. The number of amides is 1. The van der Waals surface area contributed by atoms with E-state index in [1.54, 1.807) is 6.21 Å². The number of benzene rings is 2. The molecule has 0 bridgehead atoms. The van der Waals surface area contributed by atoms with E-state index in [0.717, 1.165) is 32.9 Å². The van der Waals surface area contributed by atoms with E-state index >= 15 is 0 Å². The average Bonchev–Trinajstić information content (AvgIpc) is 3.20. The van der Waals surface area contributed by atoms with Crippen molar-refractivity contribution in [2.45, 2.75) is 6.42 Å². The van der Waals surface area contributed by atoms with Crippen LogP contribution in [0, 0.1) is 0 Å². The number of hydrogen-bond acceptors (Lipinski definition) is 2. The van der Waals surface area contributed by atoms with Crippen LogP contribution in [0.4, 0.5) is 0 Å². The Morgan fingerprint density at radius 3 is 2.80 bits per heavy atom. The lowest BCUT2D eigenvalue weighted by Gasteiger charge is -1.99. The average molecular weight is 351 g/mol. The predicted molar refractivity (Wildman–Crippen MR) is 101 cm³/mol. The molecular weight excluding hydrogens is 336 g/mol. The Hall–Kier alpha value is -3.05. The summed E-state index contributed by atoms with van der Waals surface area (Å²) in [5.41, 5.74) is 6.37. The van der Waals surface area contributed by atoms with Gasteiger partial charge in [-0.25, -0.2) is 5.43 Å². The van der Waals surface area contributed by atoms with Crippen molar-refractivity contribution in [3.8, 4) is 0 Å². The number of carbonyl (C=O) groups is 1. The van der Waals surface area contributed by atoms with Crippen LogP contribution in [0.25, 0.3) is 21.8 Å². The molecule has 4 rings (SSSR count). The molecule has 0 unspecified atom stereocenters. The molecule has 5 nitrogen and oxygen atoms in total. The summed E-state index contributed by atoms with van der Waals surface area (Å²) >= 11 is 6.03. The molecule has 0 radical (unpaired) electrons. The SMILES string of the molecule is O=C(Cc1c[nH]c2ccccc12)N/N=C/c1c[nH]c2ccc(Cl)cc12. The number of aromatic amines is 2. The van der Waals surface area contributed by atoms with Crippen LogP contribution in [0.2, 0.25) is 5.02 Å². The lowest BCUT2D eigenvalue weighted by atomic mass is 10.1. The first-order valence-corrected chi connectivity index (χ1v) is 8.22. The molecule has 0 aliphatic heterocycles. The van der Waals surface area contributed by atoms with Crippen LogP contribution < -0.4 is 5.43 Å². The monoisotopic (exact) mass is 350 g/mol. The van der Waals surface area contributed by atoms with E-state index in [1.807, 2.05) is 54.9 Å². The maximum Gasteiger partial charge on any atom is 0.244 e. The highest BCUT2D eigenvalue weighted by atomic mass is 35.5. The van der Waals surface area contributed by atoms with Crippen LogP contribution >= 0.6 is 11.6 Å². The Labute approximate surface area is 148 Å². The topological polar surface area (TPSA) is 73.0 Å². The van der Waals surface area contributed by atoms with Gasteiger partial charge < -0.3 is 9.97 Å². The van der Waals surface area contributed by atoms with Crippen LogP contribution in [0.1, 0.15) is 11.1 Å². The number of aromatic nitrogens is 2. The van der Waals surface area contributed by atoms with Crippen molar-refractivity contribution < 1.29 is 4.79 Å². The van der Waals surface area contributed by atoms with Gasteiger partial charge >= 0.3 is 0 Å². The minimum Gasteiger partial charge on any atom is -0.361 e. The van der Waals surface area contributed by atoms with Gasteiger partial charge in [0.25, 0.3) is 0 Å². The Kier molecular flexibility index (Phi) is 3.99. The van der Waals surface area contributed by atoms with Crippen LogP contribution in [0.3, 0.4) is 0 Å². The van der Waals surface area contributed by atoms with Crippen molar-refractivity contribution >= 4 is 45.5 Å². The van der Waals surface area contributed by atoms with Crippen molar-refractivity contribution in [3.05, 3.63) is 71.0 Å². The second-order valence-electron chi connectivity index (χ2n) is 5.76. The van der Waals surface area contributed by atoms with E-state index in [2.05, 4.69) is 20.5 Å². The van der Waals surface area contributed by atoms with Crippen LogP contribution in [-0.2, 0) is 11.2 Å². The van der Waals surface area contributed by atoms with Crippen molar-refractivity contribution in [1.82, 2.24) is 15.4 Å². The number of rotatable bonds is 4. The minimum absolute atomic E-state index is 0.168. The Bertz CT molecular complexity index is 1090. The van der Waals surface area contributed by atoms with Crippen LogP contribution in [0.5, 0.6) is 0 Å². The minimum atomic E-state index is -0.168. The zero-order chi connectivity index (χ0) is 17.2. The van der Waals surface area contributed by atoms with Crippen molar-refractivity contribution in [2.24, 2.45) is 5.10 Å². The second-order valence-corrected chi connectivity index (χ2v) is 6.20. The molecule has 3 N–H and O–H groups in total. The smallest absolute Gasteiger partial charge is 0.244 e. The van der Waals surface area contributed by atoms with Gasteiger partial charge in [-0.3, -0.25) is 4.79 Å². The highest BCUT2D eigenvalue weighted by Gasteiger charge is 2.08. The number of nitrogens with zero attached hydrogens (tertiary/aromatic N) is 1. The fourth-order valence-corrected chi connectivity index (χ4v) is 3.06. The maximum absolute atomic E-state index is 12.1. The summed E-state index contributed by atoms with van der Waals surface area (Å²) in [4.78, 5) is 18.4. The molecule has 124 valence electrons. The maximum atomic E-state index is 12.1. The molecule has 0 fully saturated rings. The highest BCUT2D eigenvalue weighted by molar-refractivity contribution is 6.31. The number of para-hydroxylation sites is 1. The first kappa shape index (κ1) is 15.5. The molecule has 2 aromatic heterocycles. The summed E-state index contributed by atoms with van der Waals surface area (Å²) in [5, 5.41) is 6.72. The van der Waals surface area contributed by atoms with Crippen LogP contribution in [-0.4, -0.2) is 22.1 Å². The van der Waals surface area contributed by atoms with Gasteiger partial charge in [0.1, 0.15) is 0 Å². The third kappa shape index (κ3) is 3.14. The number of hydrogen-bond donors (Lipinski definition) is 3. The highest BCUT2D eigenvalue weighted by Crippen LogP contribution is 2.21. The van der Waals surface area contributed by atoms with Crippen molar-refractivity contribution in [1.29, 1.82) is 0 Å². The van der Waals surface area contributed by atoms with E-state index in [0.29, 0.717) is 5.02 Å². The quantitative estimate of drug-likeness (QED) is 0.378. The third-order valence-corrected chi connectivity index (χ3v) is 4.33. The van der Waals surface area contributed by atoms with E-state index < -0.39 is 0 Å². The first-order valence-electron chi connectivity index (χ1n) is 7.84. The molecule has 0 saturated carbocycles. The molecule has 25 heavy (non-hydrogen) atoms. The molecule has 6 heteroatoms. The fourth-order valence-electron chi connectivity index (χ4n) is 2.89. The zero-order valence-corrected chi connectivity index (χ0v) is 14.0. The second kappa shape index (κ2) is 6.45. The molecule has 0 aliphatic carbocycles. The molecule has 2 heterocycles. The Morgan fingerprint density at radius 1 is 1.08 bits per heavy atom. The molecule has 0 saturated heterocycles. The summed E-state index contributed by atoms with van der Waals surface area (Å²) in [6.07, 6.45) is 5.56. The summed E-state index contributed by atoms with van der Waals surface area (Å²) in [6.45, 7) is 0. The number of nitrogens with one attached hydrogen (secondary N) is 3. The lowest BCUT2D eigenvalue weighted by molar-refractivity contribution is -0.120. The van der Waals surface area contributed by atoms with Gasteiger partial charge in [-0.05, 0) is 29.8 Å².